The van der Waals surface area contributed by atoms with Crippen LogP contribution in [0.25, 0.3) is 10.9 Å². The molecule has 3 N–H and O–H groups in total. The largest absolute Gasteiger partial charge is 0.467 e. The molecule has 0 fully saturated rings. The second-order valence-corrected chi connectivity index (χ2v) is 9.41. The Kier molecular flexibility index (Phi) is 6.83. The number of rotatable bonds is 8. The fraction of sp³-hybridized carbons (Fsp3) is 0.120. The van der Waals surface area contributed by atoms with E-state index in [1.807, 2.05) is 24.3 Å². The summed E-state index contributed by atoms with van der Waals surface area (Å²) < 4.78 is 46.5. The van der Waals surface area contributed by atoms with E-state index >= 15 is 0 Å². The normalized spacial score (nSPS) is 12.2. The molecule has 0 aliphatic heterocycles. The van der Waals surface area contributed by atoms with Crippen LogP contribution in [-0.2, 0) is 26.0 Å². The molecular weight excluding hydrogens is 473 g/mol. The summed E-state index contributed by atoms with van der Waals surface area (Å²) in [7, 11) is -2.95. The van der Waals surface area contributed by atoms with Gasteiger partial charge >= 0.3 is 5.97 Å². The van der Waals surface area contributed by atoms with Gasteiger partial charge in [-0.15, -0.1) is 0 Å². The van der Waals surface area contributed by atoms with Gasteiger partial charge in [-0.2, -0.15) is 0 Å². The molecule has 1 amide bonds. The van der Waals surface area contributed by atoms with Gasteiger partial charge in [0, 0.05) is 29.1 Å². The van der Waals surface area contributed by atoms with Crippen molar-refractivity contribution in [1.82, 2.24) is 10.3 Å². The second-order valence-electron chi connectivity index (χ2n) is 7.73. The lowest BCUT2D eigenvalue weighted by atomic mass is 10.0. The first kappa shape index (κ1) is 24.0. The number of carbonyl (C=O) groups excluding carboxylic acids is 2. The van der Waals surface area contributed by atoms with E-state index in [0.29, 0.717) is 0 Å². The van der Waals surface area contributed by atoms with Crippen molar-refractivity contribution in [2.45, 2.75) is 17.4 Å². The third-order valence-electron chi connectivity index (χ3n) is 5.41. The summed E-state index contributed by atoms with van der Waals surface area (Å²) in [6.45, 7) is 0. The van der Waals surface area contributed by atoms with Gasteiger partial charge in [-0.05, 0) is 42.0 Å². The molecule has 0 radical (unpaired) electrons. The Morgan fingerprint density at radius 2 is 1.77 bits per heavy atom. The predicted octanol–water partition coefficient (Wildman–Crippen LogP) is 3.62. The highest BCUT2D eigenvalue weighted by Crippen LogP contribution is 2.21. The summed E-state index contributed by atoms with van der Waals surface area (Å²) in [5, 5.41) is 3.53. The number of ether oxygens (including phenoxy) is 1. The minimum Gasteiger partial charge on any atom is -0.467 e. The van der Waals surface area contributed by atoms with Crippen molar-refractivity contribution in [2.24, 2.45) is 0 Å². The van der Waals surface area contributed by atoms with Crippen LogP contribution >= 0.6 is 0 Å². The number of sulfonamides is 1. The number of amides is 1. The number of nitrogens with one attached hydrogen (secondary N) is 3. The van der Waals surface area contributed by atoms with Gasteiger partial charge in [-0.1, -0.05) is 36.4 Å². The van der Waals surface area contributed by atoms with Crippen molar-refractivity contribution in [1.29, 1.82) is 0 Å². The molecule has 0 saturated heterocycles. The van der Waals surface area contributed by atoms with Crippen LogP contribution in [0.15, 0.2) is 83.9 Å². The first-order valence-corrected chi connectivity index (χ1v) is 12.1. The molecule has 35 heavy (non-hydrogen) atoms. The number of hydrogen-bond donors (Lipinski definition) is 3. The van der Waals surface area contributed by atoms with Crippen molar-refractivity contribution >= 4 is 38.5 Å². The van der Waals surface area contributed by atoms with Gasteiger partial charge in [-0.25, -0.2) is 17.6 Å². The van der Waals surface area contributed by atoms with E-state index < -0.39 is 33.8 Å². The maximum atomic E-state index is 13.9. The number of para-hydroxylation sites is 2. The van der Waals surface area contributed by atoms with Crippen LogP contribution in [0.5, 0.6) is 0 Å². The van der Waals surface area contributed by atoms with Gasteiger partial charge in [0.2, 0.25) is 0 Å². The molecule has 1 atom stereocenters. The quantitative estimate of drug-likeness (QED) is 0.323. The number of fused-ring (bicyclic) bond motifs is 1. The molecule has 0 aliphatic carbocycles. The Morgan fingerprint density at radius 1 is 1.03 bits per heavy atom. The Balaban J connectivity index is 1.55. The van der Waals surface area contributed by atoms with E-state index in [9.17, 15) is 22.4 Å². The average molecular weight is 496 g/mol. The Labute approximate surface area is 201 Å². The van der Waals surface area contributed by atoms with Crippen molar-refractivity contribution in [3.8, 4) is 0 Å². The van der Waals surface area contributed by atoms with E-state index in [2.05, 4.69) is 15.0 Å². The monoisotopic (exact) mass is 495 g/mol. The van der Waals surface area contributed by atoms with E-state index in [1.54, 1.807) is 6.20 Å². The zero-order valence-corrected chi connectivity index (χ0v) is 19.4. The molecule has 8 nitrogen and oxygen atoms in total. The number of aromatic nitrogens is 1. The maximum absolute atomic E-state index is 13.9. The van der Waals surface area contributed by atoms with Crippen molar-refractivity contribution in [3.63, 3.8) is 0 Å². The second kappa shape index (κ2) is 9.98. The molecule has 4 aromatic rings. The van der Waals surface area contributed by atoms with E-state index in [0.717, 1.165) is 28.6 Å². The smallest absolute Gasteiger partial charge is 0.328 e. The number of halogens is 1. The lowest BCUT2D eigenvalue weighted by molar-refractivity contribution is -0.142. The van der Waals surface area contributed by atoms with Crippen LogP contribution in [0.2, 0.25) is 0 Å². The number of benzene rings is 3. The molecule has 4 rings (SSSR count). The zero-order chi connectivity index (χ0) is 25.0. The summed E-state index contributed by atoms with van der Waals surface area (Å²) in [6, 6.07) is 17.1. The Bertz CT molecular complexity index is 1500. The first-order valence-electron chi connectivity index (χ1n) is 10.6. The number of aromatic amines is 1. The first-order chi connectivity index (χ1) is 16.8. The summed E-state index contributed by atoms with van der Waals surface area (Å²) in [6.07, 6.45) is 1.92. The lowest BCUT2D eigenvalue weighted by Crippen LogP contribution is -2.43. The third-order valence-corrected chi connectivity index (χ3v) is 6.78. The standard InChI is InChI=1S/C25H22FN3O5S/c1-34-25(31)23(14-17-15-27-21-11-4-2-9-19(17)21)28-24(30)16-7-6-8-18(13-16)35(32,33)29-22-12-5-3-10-20(22)26/h2-13,15,23,27,29H,14H2,1H3,(H,28,30)/t23-/m1/s1. The molecule has 0 aliphatic rings. The number of hydrogen-bond acceptors (Lipinski definition) is 5. The van der Waals surface area contributed by atoms with Crippen LogP contribution in [-0.4, -0.2) is 38.4 Å². The summed E-state index contributed by atoms with van der Waals surface area (Å²) in [5.41, 5.74) is 1.49. The van der Waals surface area contributed by atoms with Crippen LogP contribution in [0, 0.1) is 5.82 Å². The van der Waals surface area contributed by atoms with Crippen molar-refractivity contribution in [2.75, 3.05) is 11.8 Å². The molecule has 3 aromatic carbocycles. The fourth-order valence-electron chi connectivity index (χ4n) is 3.65. The third kappa shape index (κ3) is 5.33. The lowest BCUT2D eigenvalue weighted by Gasteiger charge is -2.17. The molecule has 0 saturated carbocycles. The molecule has 0 bridgehead atoms. The van der Waals surface area contributed by atoms with Gasteiger partial charge in [0.25, 0.3) is 15.9 Å². The van der Waals surface area contributed by atoms with E-state index in [4.69, 9.17) is 4.74 Å². The molecule has 180 valence electrons. The highest BCUT2D eigenvalue weighted by molar-refractivity contribution is 7.92. The van der Waals surface area contributed by atoms with Crippen molar-refractivity contribution in [3.05, 3.63) is 95.9 Å². The summed E-state index contributed by atoms with van der Waals surface area (Å²) >= 11 is 0. The zero-order valence-electron chi connectivity index (χ0n) is 18.6. The van der Waals surface area contributed by atoms with Crippen LogP contribution in [0.3, 0.4) is 0 Å². The summed E-state index contributed by atoms with van der Waals surface area (Å²) in [5.74, 6) is -2.04. The van der Waals surface area contributed by atoms with Gasteiger partial charge in [0.05, 0.1) is 17.7 Å². The van der Waals surface area contributed by atoms with Crippen LogP contribution in [0.1, 0.15) is 15.9 Å². The van der Waals surface area contributed by atoms with Gasteiger partial charge < -0.3 is 15.0 Å². The highest BCUT2D eigenvalue weighted by atomic mass is 32.2. The molecule has 1 aromatic heterocycles. The topological polar surface area (TPSA) is 117 Å². The number of carbonyl (C=O) groups is 2. The molecule has 0 unspecified atom stereocenters. The van der Waals surface area contributed by atoms with Gasteiger partial charge in [-0.3, -0.25) is 9.52 Å². The van der Waals surface area contributed by atoms with Crippen LogP contribution < -0.4 is 10.0 Å². The minimum absolute atomic E-state index is 0.00855. The number of methoxy groups -OCH3 is 1. The average Bonchev–Trinajstić information content (AvgIpc) is 3.27. The summed E-state index contributed by atoms with van der Waals surface area (Å²) in [4.78, 5) is 28.3. The van der Waals surface area contributed by atoms with Crippen molar-refractivity contribution < 1.29 is 27.1 Å². The van der Waals surface area contributed by atoms with Gasteiger partial charge in [0.1, 0.15) is 11.9 Å². The Hall–Kier alpha value is -4.18. The predicted molar refractivity (Wildman–Crippen MR) is 129 cm³/mol. The highest BCUT2D eigenvalue weighted by Gasteiger charge is 2.25. The minimum atomic E-state index is -4.17. The SMILES string of the molecule is COC(=O)[C@@H](Cc1c[nH]c2ccccc12)NC(=O)c1cccc(S(=O)(=O)Nc2ccccc2F)c1. The molecule has 1 heterocycles. The maximum Gasteiger partial charge on any atom is 0.328 e. The van der Waals surface area contributed by atoms with E-state index in [-0.39, 0.29) is 22.6 Å². The number of esters is 1. The molecular formula is C25H22FN3O5S. The Morgan fingerprint density at radius 3 is 2.54 bits per heavy atom. The van der Waals surface area contributed by atoms with Crippen LogP contribution in [0.4, 0.5) is 10.1 Å². The number of anilines is 1. The fourth-order valence-corrected chi connectivity index (χ4v) is 4.76. The molecule has 10 heteroatoms. The molecule has 0 spiro atoms. The van der Waals surface area contributed by atoms with E-state index in [1.165, 1.54) is 43.5 Å². The van der Waals surface area contributed by atoms with Gasteiger partial charge in [0.15, 0.2) is 0 Å². The number of H-pyrrole nitrogens is 1.